The van der Waals surface area contributed by atoms with Crippen molar-refractivity contribution < 1.29 is 32.5 Å². The molecular weight excluding hydrogens is 727 g/mol. The summed E-state index contributed by atoms with van der Waals surface area (Å²) >= 11 is 1.39. The predicted octanol–water partition coefficient (Wildman–Crippen LogP) is 9.12. The Morgan fingerprint density at radius 2 is 1.80 bits per heavy atom. The summed E-state index contributed by atoms with van der Waals surface area (Å²) in [5, 5.41) is 12.9. The van der Waals surface area contributed by atoms with Gasteiger partial charge in [-0.25, -0.2) is 18.6 Å². The van der Waals surface area contributed by atoms with Crippen LogP contribution in [0.25, 0.3) is 54.8 Å². The van der Waals surface area contributed by atoms with E-state index >= 15 is 4.39 Å². The molecule has 1 aliphatic rings. The van der Waals surface area contributed by atoms with Crippen LogP contribution in [0.2, 0.25) is 0 Å². The fourth-order valence-electron chi connectivity index (χ4n) is 6.75. The highest BCUT2D eigenvalue weighted by atomic mass is 32.1. The highest BCUT2D eigenvalue weighted by molar-refractivity contribution is 7.18. The second kappa shape index (κ2) is 15.3. The maximum atomic E-state index is 16.4. The first-order valence-corrected chi connectivity index (χ1v) is 18.8. The molecule has 2 aromatic carbocycles. The topological polar surface area (TPSA) is 106 Å². The number of rotatable bonds is 12. The Hall–Kier alpha value is -5.60. The summed E-state index contributed by atoms with van der Waals surface area (Å²) in [5.41, 5.74) is 3.37. The van der Waals surface area contributed by atoms with Gasteiger partial charge >= 0.3 is 6.09 Å². The van der Waals surface area contributed by atoms with Crippen LogP contribution in [0.4, 0.5) is 13.6 Å². The number of pyridine rings is 1. The Morgan fingerprint density at radius 1 is 1.00 bits per heavy atom. The van der Waals surface area contributed by atoms with Crippen LogP contribution in [-0.4, -0.2) is 74.1 Å². The zero-order chi connectivity index (χ0) is 39.0. The van der Waals surface area contributed by atoms with Crippen LogP contribution >= 0.6 is 11.3 Å². The number of aryl methyl sites for hydroxylation is 1. The summed E-state index contributed by atoms with van der Waals surface area (Å²) in [6.07, 6.45) is 4.62. The molecule has 0 N–H and O–H groups in total. The number of thiophene rings is 1. The number of fused-ring (bicyclic) bond motifs is 3. The number of aromatic nitrogens is 5. The molecule has 55 heavy (non-hydrogen) atoms. The third-order valence-corrected chi connectivity index (χ3v) is 10.1. The summed E-state index contributed by atoms with van der Waals surface area (Å²) in [4.78, 5) is 20.2. The van der Waals surface area contributed by atoms with E-state index in [0.29, 0.717) is 63.7 Å². The first kappa shape index (κ1) is 37.7. The fourth-order valence-corrected chi connectivity index (χ4v) is 7.70. The maximum absolute atomic E-state index is 16.4. The molecule has 0 unspecified atom stereocenters. The second-order valence-corrected chi connectivity index (χ2v) is 15.0. The van der Waals surface area contributed by atoms with E-state index in [1.807, 2.05) is 69.1 Å². The van der Waals surface area contributed by atoms with Crippen LogP contribution in [0.1, 0.15) is 39.4 Å². The molecule has 0 saturated heterocycles. The molecule has 0 saturated carbocycles. The lowest BCUT2D eigenvalue weighted by Gasteiger charge is -2.35. The van der Waals surface area contributed by atoms with E-state index in [-0.39, 0.29) is 31.1 Å². The molecule has 0 aliphatic carbocycles. The maximum Gasteiger partial charge on any atom is 0.410 e. The zero-order valence-corrected chi connectivity index (χ0v) is 32.2. The molecule has 0 spiro atoms. The highest BCUT2D eigenvalue weighted by Crippen LogP contribution is 2.49. The normalized spacial score (nSPS) is 14.3. The lowest BCUT2D eigenvalue weighted by molar-refractivity contribution is 0.0120. The van der Waals surface area contributed by atoms with Crippen LogP contribution in [0.3, 0.4) is 0 Å². The van der Waals surface area contributed by atoms with E-state index in [4.69, 9.17) is 29.0 Å². The predicted molar refractivity (Wildman–Crippen MR) is 209 cm³/mol. The average molecular weight is 769 g/mol. The molecule has 1 atom stereocenters. The van der Waals surface area contributed by atoms with Gasteiger partial charge in [0.2, 0.25) is 0 Å². The van der Waals surface area contributed by atoms with Crippen molar-refractivity contribution in [1.29, 1.82) is 0 Å². The van der Waals surface area contributed by atoms with E-state index in [9.17, 15) is 9.18 Å². The molecular formula is C41H42F2N6O5S. The van der Waals surface area contributed by atoms with Gasteiger partial charge in [0, 0.05) is 58.4 Å². The Morgan fingerprint density at radius 3 is 2.56 bits per heavy atom. The van der Waals surface area contributed by atoms with Crippen molar-refractivity contribution in [3.05, 3.63) is 90.6 Å². The van der Waals surface area contributed by atoms with Crippen molar-refractivity contribution in [2.75, 3.05) is 33.0 Å². The van der Waals surface area contributed by atoms with Gasteiger partial charge in [-0.1, -0.05) is 18.7 Å². The minimum absolute atomic E-state index is 0.00886. The molecule has 0 bridgehead atoms. The molecule has 0 radical (unpaired) electrons. The van der Waals surface area contributed by atoms with Gasteiger partial charge in [0.25, 0.3) is 0 Å². The molecule has 4 aromatic heterocycles. The van der Waals surface area contributed by atoms with E-state index in [0.717, 1.165) is 22.7 Å². The zero-order valence-electron chi connectivity index (χ0n) is 31.4. The summed E-state index contributed by atoms with van der Waals surface area (Å²) in [6, 6.07) is 9.27. The number of carbonyl (C=O) groups is 1. The van der Waals surface area contributed by atoms with Crippen molar-refractivity contribution in [3.8, 4) is 45.3 Å². The quantitative estimate of drug-likeness (QED) is 0.0897. The van der Waals surface area contributed by atoms with Crippen molar-refractivity contribution >= 4 is 38.4 Å². The standard InChI is InChI=1S/C41H42F2N6O5S/c1-8-13-51-15-16-53-34-20-26(42)19-29(43)35(34)36-38(30-21-31-24(3)48(11-12-49(31)46-30)40(50)54-41(4,5)6)45-37(27-10-17-55-39(27)36)28-18-25-23-44-47(7)32(25)22-33(28)52-14-9-2/h8-10,17-24H,1-2,11-16H2,3-7H3/t24-/m1/s1. The number of amides is 1. The van der Waals surface area contributed by atoms with E-state index in [1.54, 1.807) is 27.9 Å². The average Bonchev–Trinajstić information content (AvgIpc) is 3.88. The molecule has 6 aromatic rings. The first-order chi connectivity index (χ1) is 26.4. The Balaban J connectivity index is 1.47. The van der Waals surface area contributed by atoms with Gasteiger partial charge in [-0.05, 0) is 51.3 Å². The van der Waals surface area contributed by atoms with Gasteiger partial charge in [-0.3, -0.25) is 14.3 Å². The number of nitrogens with zero attached hydrogens (tertiary/aromatic N) is 6. The molecule has 1 amide bonds. The van der Waals surface area contributed by atoms with Crippen LogP contribution in [0, 0.1) is 11.6 Å². The minimum atomic E-state index is -0.826. The first-order valence-electron chi connectivity index (χ1n) is 17.9. The Labute approximate surface area is 321 Å². The van der Waals surface area contributed by atoms with Gasteiger partial charge in [-0.15, -0.1) is 17.9 Å². The van der Waals surface area contributed by atoms with Crippen molar-refractivity contribution in [2.45, 2.75) is 45.9 Å². The van der Waals surface area contributed by atoms with Crippen molar-refractivity contribution in [3.63, 3.8) is 0 Å². The molecule has 0 fully saturated rings. The number of halogens is 2. The van der Waals surface area contributed by atoms with Crippen molar-refractivity contribution in [2.24, 2.45) is 7.05 Å². The number of carbonyl (C=O) groups excluding carboxylic acids is 1. The molecule has 286 valence electrons. The number of benzene rings is 2. The van der Waals surface area contributed by atoms with Crippen LogP contribution in [-0.2, 0) is 23.1 Å². The van der Waals surface area contributed by atoms with E-state index < -0.39 is 29.4 Å². The highest BCUT2D eigenvalue weighted by Gasteiger charge is 2.34. The van der Waals surface area contributed by atoms with Crippen LogP contribution < -0.4 is 9.47 Å². The number of hydrogen-bond acceptors (Lipinski definition) is 9. The SMILES string of the molecule is C=CCOCCOc1cc(F)cc(F)c1-c1c(-c2cc3n(n2)CCN(C(=O)OC(C)(C)C)[C@@H]3C)nc(-c2cc3cnn(C)c3cc2OCC=C)c2ccsc12. The lowest BCUT2D eigenvalue weighted by Crippen LogP contribution is -2.43. The van der Waals surface area contributed by atoms with Gasteiger partial charge in [0.05, 0.1) is 54.5 Å². The third kappa shape index (κ3) is 7.43. The summed E-state index contributed by atoms with van der Waals surface area (Å²) in [7, 11) is 1.86. The van der Waals surface area contributed by atoms with Gasteiger partial charge < -0.3 is 18.9 Å². The third-order valence-electron chi connectivity index (χ3n) is 9.19. The number of ether oxygens (including phenoxy) is 4. The summed E-state index contributed by atoms with van der Waals surface area (Å²) in [6.45, 7) is 16.4. The monoisotopic (exact) mass is 768 g/mol. The van der Waals surface area contributed by atoms with E-state index in [2.05, 4.69) is 18.3 Å². The minimum Gasteiger partial charge on any atom is -0.490 e. The van der Waals surface area contributed by atoms with Gasteiger partial charge in [0.1, 0.15) is 53.3 Å². The molecule has 14 heteroatoms. The Bertz CT molecular complexity index is 2430. The van der Waals surface area contributed by atoms with Crippen molar-refractivity contribution in [1.82, 2.24) is 29.4 Å². The molecule has 1 aliphatic heterocycles. The Kier molecular flexibility index (Phi) is 10.5. The fraction of sp³-hybridized carbons (Fsp3) is 0.317. The van der Waals surface area contributed by atoms with Gasteiger partial charge in [-0.2, -0.15) is 10.2 Å². The summed E-state index contributed by atoms with van der Waals surface area (Å²) in [5.74, 6) is -1.07. The molecule has 5 heterocycles. The van der Waals surface area contributed by atoms with Crippen LogP contribution in [0.5, 0.6) is 11.5 Å². The smallest absolute Gasteiger partial charge is 0.410 e. The van der Waals surface area contributed by atoms with Gasteiger partial charge in [0.15, 0.2) is 0 Å². The van der Waals surface area contributed by atoms with E-state index in [1.165, 1.54) is 17.4 Å². The van der Waals surface area contributed by atoms with Crippen LogP contribution in [0.15, 0.2) is 73.3 Å². The lowest BCUT2D eigenvalue weighted by atomic mass is 9.95. The second-order valence-electron chi connectivity index (χ2n) is 14.1. The molecule has 7 rings (SSSR count). The summed E-state index contributed by atoms with van der Waals surface area (Å²) < 4.78 is 59.1. The largest absolute Gasteiger partial charge is 0.490 e. The molecule has 11 nitrogen and oxygen atoms in total. The number of hydrogen-bond donors (Lipinski definition) is 0.